The lowest BCUT2D eigenvalue weighted by molar-refractivity contribution is 0.0689. The van der Waals surface area contributed by atoms with Crippen molar-refractivity contribution >= 4 is 21.9 Å². The molecule has 1 N–H and O–H groups in total. The molecule has 1 heterocycles. The van der Waals surface area contributed by atoms with E-state index in [1.165, 1.54) is 6.42 Å². The fraction of sp³-hybridized carbons (Fsp3) is 0.375. The molecule has 3 rings (SSSR count). The Morgan fingerprint density at radius 3 is 2.61 bits per heavy atom. The number of halogens is 1. The first-order valence-electron chi connectivity index (χ1n) is 7.31. The van der Waals surface area contributed by atoms with Crippen molar-refractivity contribution < 1.29 is 19.4 Å². The molecule has 0 amide bonds. The van der Waals surface area contributed by atoms with E-state index in [0.717, 1.165) is 22.9 Å². The second-order valence-electron chi connectivity index (χ2n) is 5.50. The summed E-state index contributed by atoms with van der Waals surface area (Å²) in [5.41, 5.74) is 1.50. The number of ether oxygens (including phenoxy) is 2. The van der Waals surface area contributed by atoms with Gasteiger partial charge in [-0.15, -0.1) is 0 Å². The van der Waals surface area contributed by atoms with Gasteiger partial charge >= 0.3 is 5.97 Å². The van der Waals surface area contributed by atoms with Crippen molar-refractivity contribution in [3.8, 4) is 22.8 Å². The molecule has 1 fully saturated rings. The Kier molecular flexibility index (Phi) is 4.30. The van der Waals surface area contributed by atoms with E-state index in [9.17, 15) is 4.79 Å². The van der Waals surface area contributed by atoms with Gasteiger partial charge in [-0.1, -0.05) is 0 Å². The lowest BCUT2D eigenvalue weighted by atomic mass is 9.96. The SMILES string of the molecule is COc1cc(Br)c(-c2cc(C(=O)O)nn2C)cc1OC1CCC1. The largest absolute Gasteiger partial charge is 0.493 e. The Labute approximate surface area is 142 Å². The summed E-state index contributed by atoms with van der Waals surface area (Å²) in [6, 6.07) is 5.24. The average Bonchev–Trinajstić information content (AvgIpc) is 2.85. The standard InChI is InChI=1S/C16H17BrN2O4/c1-19-13(8-12(18-19)16(20)21)10-6-15(23-9-4-3-5-9)14(22-2)7-11(10)17/h6-9H,3-5H2,1-2H3,(H,20,21). The second-order valence-corrected chi connectivity index (χ2v) is 6.35. The summed E-state index contributed by atoms with van der Waals surface area (Å²) in [7, 11) is 3.31. The molecule has 0 bridgehead atoms. The van der Waals surface area contributed by atoms with Crippen LogP contribution in [0.2, 0.25) is 0 Å². The fourth-order valence-electron chi connectivity index (χ4n) is 2.48. The summed E-state index contributed by atoms with van der Waals surface area (Å²) in [6.45, 7) is 0. The predicted octanol–water partition coefficient (Wildman–Crippen LogP) is 3.49. The lowest BCUT2D eigenvalue weighted by Gasteiger charge is -2.27. The molecule has 0 radical (unpaired) electrons. The molecular formula is C16H17BrN2O4. The Morgan fingerprint density at radius 2 is 2.09 bits per heavy atom. The van der Waals surface area contributed by atoms with E-state index in [4.69, 9.17) is 14.6 Å². The van der Waals surface area contributed by atoms with Crippen LogP contribution in [-0.2, 0) is 7.05 Å². The Hall–Kier alpha value is -2.02. The van der Waals surface area contributed by atoms with Crippen LogP contribution in [0.15, 0.2) is 22.7 Å². The topological polar surface area (TPSA) is 73.6 Å². The molecule has 0 saturated heterocycles. The maximum Gasteiger partial charge on any atom is 0.356 e. The molecule has 0 aliphatic heterocycles. The van der Waals surface area contributed by atoms with Gasteiger partial charge in [0.05, 0.1) is 18.9 Å². The normalized spacial score (nSPS) is 14.4. The number of aryl methyl sites for hydroxylation is 1. The number of carboxylic acids is 1. The lowest BCUT2D eigenvalue weighted by Crippen LogP contribution is -2.24. The number of hydrogen-bond acceptors (Lipinski definition) is 4. The molecular weight excluding hydrogens is 364 g/mol. The third-order valence-electron chi connectivity index (χ3n) is 3.97. The van der Waals surface area contributed by atoms with E-state index in [-0.39, 0.29) is 11.8 Å². The van der Waals surface area contributed by atoms with Crippen molar-refractivity contribution in [2.24, 2.45) is 7.05 Å². The molecule has 2 aromatic rings. The fourth-order valence-corrected chi connectivity index (χ4v) is 3.00. The van der Waals surface area contributed by atoms with Crippen LogP contribution in [-0.4, -0.2) is 34.1 Å². The van der Waals surface area contributed by atoms with Gasteiger partial charge in [0, 0.05) is 17.1 Å². The minimum absolute atomic E-state index is 0.00618. The first-order chi connectivity index (χ1) is 11.0. The van der Waals surface area contributed by atoms with Gasteiger partial charge in [-0.2, -0.15) is 5.10 Å². The molecule has 1 aromatic carbocycles. The molecule has 0 atom stereocenters. The Balaban J connectivity index is 2.04. The summed E-state index contributed by atoms with van der Waals surface area (Å²) in [5, 5.41) is 13.1. The van der Waals surface area contributed by atoms with Crippen LogP contribution in [0.4, 0.5) is 0 Å². The van der Waals surface area contributed by atoms with E-state index in [0.29, 0.717) is 17.2 Å². The number of aromatic nitrogens is 2. The summed E-state index contributed by atoms with van der Waals surface area (Å²) in [6.07, 6.45) is 3.49. The Bertz CT molecular complexity index is 753. The molecule has 0 unspecified atom stereocenters. The van der Waals surface area contributed by atoms with Crippen LogP contribution in [0.25, 0.3) is 11.3 Å². The maximum absolute atomic E-state index is 11.1. The molecule has 0 spiro atoms. The van der Waals surface area contributed by atoms with Crippen LogP contribution < -0.4 is 9.47 Å². The number of carboxylic acid groups (broad SMARTS) is 1. The molecule has 1 aliphatic carbocycles. The zero-order valence-corrected chi connectivity index (χ0v) is 14.5. The number of carbonyl (C=O) groups is 1. The highest BCUT2D eigenvalue weighted by Gasteiger charge is 2.23. The number of rotatable bonds is 5. The van der Waals surface area contributed by atoms with Crippen molar-refractivity contribution in [2.75, 3.05) is 7.11 Å². The van der Waals surface area contributed by atoms with Crippen molar-refractivity contribution in [3.63, 3.8) is 0 Å². The smallest absolute Gasteiger partial charge is 0.356 e. The Morgan fingerprint density at radius 1 is 1.35 bits per heavy atom. The van der Waals surface area contributed by atoms with E-state index < -0.39 is 5.97 Å². The zero-order chi connectivity index (χ0) is 16.6. The molecule has 1 aromatic heterocycles. The summed E-state index contributed by atoms with van der Waals surface area (Å²) in [5.74, 6) is 0.254. The van der Waals surface area contributed by atoms with E-state index in [1.54, 1.807) is 24.9 Å². The number of methoxy groups -OCH3 is 1. The highest BCUT2D eigenvalue weighted by atomic mass is 79.9. The van der Waals surface area contributed by atoms with E-state index in [1.807, 2.05) is 12.1 Å². The maximum atomic E-state index is 11.1. The number of aromatic carboxylic acids is 1. The van der Waals surface area contributed by atoms with Gasteiger partial charge in [-0.25, -0.2) is 4.79 Å². The van der Waals surface area contributed by atoms with Gasteiger partial charge in [-0.05, 0) is 53.4 Å². The monoisotopic (exact) mass is 380 g/mol. The summed E-state index contributed by atoms with van der Waals surface area (Å²) >= 11 is 3.51. The first kappa shape index (κ1) is 15.9. The van der Waals surface area contributed by atoms with Crippen LogP contribution in [0.5, 0.6) is 11.5 Å². The third kappa shape index (κ3) is 3.06. The highest BCUT2D eigenvalue weighted by Crippen LogP contribution is 2.40. The second kappa shape index (κ2) is 6.23. The minimum atomic E-state index is -1.05. The van der Waals surface area contributed by atoms with E-state index >= 15 is 0 Å². The molecule has 6 nitrogen and oxygen atoms in total. The van der Waals surface area contributed by atoms with Crippen LogP contribution >= 0.6 is 15.9 Å². The zero-order valence-electron chi connectivity index (χ0n) is 12.9. The predicted molar refractivity (Wildman–Crippen MR) is 88.1 cm³/mol. The van der Waals surface area contributed by atoms with Gasteiger partial charge in [-0.3, -0.25) is 4.68 Å². The summed E-state index contributed by atoms with van der Waals surface area (Å²) < 4.78 is 13.7. The van der Waals surface area contributed by atoms with Gasteiger partial charge in [0.25, 0.3) is 0 Å². The van der Waals surface area contributed by atoms with Crippen molar-refractivity contribution in [2.45, 2.75) is 25.4 Å². The summed E-state index contributed by atoms with van der Waals surface area (Å²) in [4.78, 5) is 11.1. The molecule has 1 aliphatic rings. The van der Waals surface area contributed by atoms with Crippen molar-refractivity contribution in [1.82, 2.24) is 9.78 Å². The minimum Gasteiger partial charge on any atom is -0.493 e. The number of hydrogen-bond donors (Lipinski definition) is 1. The molecule has 1 saturated carbocycles. The van der Waals surface area contributed by atoms with Crippen molar-refractivity contribution in [1.29, 1.82) is 0 Å². The third-order valence-corrected chi connectivity index (χ3v) is 4.63. The van der Waals surface area contributed by atoms with Crippen LogP contribution in [0, 0.1) is 0 Å². The average molecular weight is 381 g/mol. The van der Waals surface area contributed by atoms with Crippen LogP contribution in [0.1, 0.15) is 29.8 Å². The molecule has 7 heteroatoms. The van der Waals surface area contributed by atoms with Gasteiger partial charge in [0.15, 0.2) is 17.2 Å². The van der Waals surface area contributed by atoms with E-state index in [2.05, 4.69) is 21.0 Å². The molecule has 122 valence electrons. The number of nitrogens with zero attached hydrogens (tertiary/aromatic N) is 2. The van der Waals surface area contributed by atoms with Gasteiger partial charge < -0.3 is 14.6 Å². The van der Waals surface area contributed by atoms with Gasteiger partial charge in [0.2, 0.25) is 0 Å². The number of benzene rings is 1. The molecule has 23 heavy (non-hydrogen) atoms. The van der Waals surface area contributed by atoms with Crippen LogP contribution in [0.3, 0.4) is 0 Å². The quantitative estimate of drug-likeness (QED) is 0.859. The first-order valence-corrected chi connectivity index (χ1v) is 8.10. The highest BCUT2D eigenvalue weighted by molar-refractivity contribution is 9.10. The van der Waals surface area contributed by atoms with Crippen molar-refractivity contribution in [3.05, 3.63) is 28.4 Å². The van der Waals surface area contributed by atoms with Gasteiger partial charge in [0.1, 0.15) is 0 Å².